The third kappa shape index (κ3) is 1.85. The van der Waals surface area contributed by atoms with Crippen LogP contribution >= 0.6 is 46.4 Å². The molecule has 0 aliphatic carbocycles. The second-order valence-electron chi connectivity index (χ2n) is 4.02. The number of fused-ring (bicyclic) bond motifs is 2. The second kappa shape index (κ2) is 4.47. The first kappa shape index (κ1) is 12.4. The molecule has 0 heterocycles. The number of hydrogen-bond donors (Lipinski definition) is 0. The molecule has 0 aliphatic rings. The van der Waals surface area contributed by atoms with Gasteiger partial charge in [-0.2, -0.15) is 0 Å². The Kier molecular flexibility index (Phi) is 3.07. The first-order valence-corrected chi connectivity index (χ1v) is 6.74. The van der Waals surface area contributed by atoms with Crippen LogP contribution in [0, 0.1) is 0 Å². The van der Waals surface area contributed by atoms with E-state index in [0.717, 1.165) is 21.5 Å². The molecule has 3 aromatic carbocycles. The summed E-state index contributed by atoms with van der Waals surface area (Å²) in [4.78, 5) is 0. The van der Waals surface area contributed by atoms with E-state index in [2.05, 4.69) is 0 Å². The second-order valence-corrected chi connectivity index (χ2v) is 5.59. The van der Waals surface area contributed by atoms with Gasteiger partial charge in [-0.25, -0.2) is 0 Å². The van der Waals surface area contributed by atoms with Crippen LogP contribution in [0.5, 0.6) is 0 Å². The van der Waals surface area contributed by atoms with Crippen LogP contribution in [0.3, 0.4) is 0 Å². The molecular weight excluding hydrogens is 310 g/mol. The quantitative estimate of drug-likeness (QED) is 0.323. The maximum atomic E-state index is 6.22. The molecule has 0 unspecified atom stereocenters. The van der Waals surface area contributed by atoms with Crippen LogP contribution < -0.4 is 0 Å². The molecule has 0 bridgehead atoms. The van der Waals surface area contributed by atoms with E-state index in [1.54, 1.807) is 6.07 Å². The summed E-state index contributed by atoms with van der Waals surface area (Å²) in [5, 5.41) is 5.80. The van der Waals surface area contributed by atoms with Gasteiger partial charge in [-0.1, -0.05) is 58.5 Å². The summed E-state index contributed by atoms with van der Waals surface area (Å²) >= 11 is 24.5. The number of hydrogen-bond acceptors (Lipinski definition) is 0. The van der Waals surface area contributed by atoms with Crippen molar-refractivity contribution >= 4 is 67.9 Å². The summed E-state index contributed by atoms with van der Waals surface area (Å²) in [5.74, 6) is 0. The van der Waals surface area contributed by atoms with E-state index in [4.69, 9.17) is 46.4 Å². The lowest BCUT2D eigenvalue weighted by atomic mass is 10.0. The van der Waals surface area contributed by atoms with Gasteiger partial charge in [0.05, 0.1) is 15.1 Å². The topological polar surface area (TPSA) is 0 Å². The molecule has 0 atom stereocenters. The SMILES string of the molecule is Clc1cc2cc3c(Cl)cccc3cc2c(Cl)c1Cl. The van der Waals surface area contributed by atoms with Crippen molar-refractivity contribution in [1.82, 2.24) is 0 Å². The molecule has 0 saturated heterocycles. The summed E-state index contributed by atoms with van der Waals surface area (Å²) < 4.78 is 0. The third-order valence-corrected chi connectivity index (χ3v) is 4.52. The van der Waals surface area contributed by atoms with Gasteiger partial charge < -0.3 is 0 Å². The minimum Gasteiger partial charge on any atom is -0.0837 e. The van der Waals surface area contributed by atoms with E-state index in [0.29, 0.717) is 20.1 Å². The Hall–Kier alpha value is -0.660. The Morgan fingerprint density at radius 1 is 0.611 bits per heavy atom. The lowest BCUT2D eigenvalue weighted by molar-refractivity contribution is 1.75. The zero-order chi connectivity index (χ0) is 12.9. The molecule has 0 aliphatic heterocycles. The third-order valence-electron chi connectivity index (χ3n) is 2.92. The van der Waals surface area contributed by atoms with Gasteiger partial charge in [0.25, 0.3) is 0 Å². The summed E-state index contributed by atoms with van der Waals surface area (Å²) in [7, 11) is 0. The van der Waals surface area contributed by atoms with Crippen molar-refractivity contribution in [3.8, 4) is 0 Å². The van der Waals surface area contributed by atoms with Gasteiger partial charge in [0.1, 0.15) is 0 Å². The van der Waals surface area contributed by atoms with E-state index in [-0.39, 0.29) is 0 Å². The van der Waals surface area contributed by atoms with Crippen LogP contribution in [0.15, 0.2) is 36.4 Å². The fourth-order valence-electron chi connectivity index (χ4n) is 2.04. The average molecular weight is 316 g/mol. The maximum Gasteiger partial charge on any atom is 0.0785 e. The van der Waals surface area contributed by atoms with Crippen LogP contribution in [0.25, 0.3) is 21.5 Å². The predicted octanol–water partition coefficient (Wildman–Crippen LogP) is 6.61. The van der Waals surface area contributed by atoms with Crippen LogP contribution in [0.4, 0.5) is 0 Å². The zero-order valence-electron chi connectivity index (χ0n) is 8.98. The minimum absolute atomic E-state index is 0.382. The first-order valence-electron chi connectivity index (χ1n) is 5.23. The van der Waals surface area contributed by atoms with Crippen molar-refractivity contribution in [2.75, 3.05) is 0 Å². The highest BCUT2D eigenvalue weighted by molar-refractivity contribution is 6.50. The number of halogens is 4. The smallest absolute Gasteiger partial charge is 0.0785 e. The van der Waals surface area contributed by atoms with E-state index in [1.165, 1.54) is 0 Å². The van der Waals surface area contributed by atoms with Crippen LogP contribution in [0.2, 0.25) is 20.1 Å². The molecule has 0 spiro atoms. The molecule has 90 valence electrons. The molecule has 0 amide bonds. The van der Waals surface area contributed by atoms with Crippen LogP contribution in [0.1, 0.15) is 0 Å². The molecule has 3 aromatic rings. The van der Waals surface area contributed by atoms with Crippen molar-refractivity contribution in [2.45, 2.75) is 0 Å². The standard InChI is InChI=1S/C14H6Cl4/c15-11-3-1-2-7-4-10-8(5-9(7)11)6-12(16)14(18)13(10)17/h1-6H. The monoisotopic (exact) mass is 314 g/mol. The highest BCUT2D eigenvalue weighted by atomic mass is 35.5. The Morgan fingerprint density at radius 3 is 2.11 bits per heavy atom. The zero-order valence-corrected chi connectivity index (χ0v) is 12.0. The normalized spacial score (nSPS) is 11.3. The Labute approximate surface area is 124 Å². The van der Waals surface area contributed by atoms with E-state index < -0.39 is 0 Å². The van der Waals surface area contributed by atoms with Crippen molar-refractivity contribution < 1.29 is 0 Å². The van der Waals surface area contributed by atoms with Crippen molar-refractivity contribution in [3.05, 3.63) is 56.5 Å². The molecular formula is C14H6Cl4. The number of rotatable bonds is 0. The highest BCUT2D eigenvalue weighted by Gasteiger charge is 2.10. The van der Waals surface area contributed by atoms with Gasteiger partial charge >= 0.3 is 0 Å². The molecule has 3 rings (SSSR count). The first-order chi connectivity index (χ1) is 8.58. The summed E-state index contributed by atoms with van der Waals surface area (Å²) in [5.41, 5.74) is 0. The van der Waals surface area contributed by atoms with Gasteiger partial charge in [0, 0.05) is 15.8 Å². The fourth-order valence-corrected chi connectivity index (χ4v) is 2.96. The van der Waals surface area contributed by atoms with Gasteiger partial charge in [-0.3, -0.25) is 0 Å². The molecule has 0 fully saturated rings. The van der Waals surface area contributed by atoms with Crippen LogP contribution in [-0.4, -0.2) is 0 Å². The maximum absolute atomic E-state index is 6.22. The summed E-state index contributed by atoms with van der Waals surface area (Å²) in [6.07, 6.45) is 0. The van der Waals surface area contributed by atoms with E-state index >= 15 is 0 Å². The summed E-state index contributed by atoms with van der Waals surface area (Å²) in [6, 6.07) is 11.5. The Balaban J connectivity index is 2.53. The lowest BCUT2D eigenvalue weighted by Crippen LogP contribution is -1.81. The molecule has 4 heteroatoms. The average Bonchev–Trinajstić information content (AvgIpc) is 2.36. The van der Waals surface area contributed by atoms with Crippen molar-refractivity contribution in [2.24, 2.45) is 0 Å². The predicted molar refractivity (Wildman–Crippen MR) is 81.5 cm³/mol. The van der Waals surface area contributed by atoms with Gasteiger partial charge in [0.2, 0.25) is 0 Å². The van der Waals surface area contributed by atoms with Crippen molar-refractivity contribution in [1.29, 1.82) is 0 Å². The summed E-state index contributed by atoms with van der Waals surface area (Å²) in [6.45, 7) is 0. The molecule has 0 saturated carbocycles. The largest absolute Gasteiger partial charge is 0.0837 e. The Bertz CT molecular complexity index is 778. The number of benzene rings is 3. The van der Waals surface area contributed by atoms with Gasteiger partial charge in [-0.05, 0) is 35.0 Å². The van der Waals surface area contributed by atoms with Crippen LogP contribution in [-0.2, 0) is 0 Å². The van der Waals surface area contributed by atoms with Crippen molar-refractivity contribution in [3.63, 3.8) is 0 Å². The van der Waals surface area contributed by atoms with Gasteiger partial charge in [-0.15, -0.1) is 0 Å². The highest BCUT2D eigenvalue weighted by Crippen LogP contribution is 2.39. The molecule has 18 heavy (non-hydrogen) atoms. The molecule has 0 aromatic heterocycles. The van der Waals surface area contributed by atoms with E-state index in [1.807, 2.05) is 30.3 Å². The molecule has 0 nitrogen and oxygen atoms in total. The lowest BCUT2D eigenvalue weighted by Gasteiger charge is -2.08. The van der Waals surface area contributed by atoms with E-state index in [9.17, 15) is 0 Å². The minimum atomic E-state index is 0.382. The Morgan fingerprint density at radius 2 is 1.33 bits per heavy atom. The fraction of sp³-hybridized carbons (Fsp3) is 0. The van der Waals surface area contributed by atoms with Gasteiger partial charge in [0.15, 0.2) is 0 Å². The molecule has 0 radical (unpaired) electrons. The molecule has 0 N–H and O–H groups in total.